The van der Waals surface area contributed by atoms with Crippen molar-refractivity contribution in [3.05, 3.63) is 58.2 Å². The predicted octanol–water partition coefficient (Wildman–Crippen LogP) is 6.17. The van der Waals surface area contributed by atoms with Gasteiger partial charge < -0.3 is 28.8 Å². The van der Waals surface area contributed by atoms with Gasteiger partial charge >= 0.3 is 5.97 Å². The number of rotatable bonds is 10. The molecule has 6 aliphatic rings. The van der Waals surface area contributed by atoms with Gasteiger partial charge in [-0.05, 0) is 94.2 Å². The lowest BCUT2D eigenvalue weighted by atomic mass is 9.76. The first-order valence-corrected chi connectivity index (χ1v) is 25.4. The standard InChI is InChI=1S/C51H68N8O7S/c1-30-31(2)41(30)46(60)54-43-45(57-27-51(28-57)16-19-56(51)6)47-53-39(26-67-47)33-12-13-40-36(24-33)37(25-50(4,5)29-66-49(62)38-11-9-18-59(55-38)48(43)61)44(35-10-8-17-52-42(35)32(3)63-7)58(40)20-23-65-34-14-21-64-22-15-34/h8,10,12-13,17,24,26,30-32,34,38,41,43,45,55H,9,11,14-16,18-23,25,27-29H2,1-7H3,(H,54,60)/t30-,31+,32-,38-,41?,43-,45-/m0/s1. The van der Waals surface area contributed by atoms with E-state index in [4.69, 9.17) is 28.9 Å². The number of esters is 1. The average molecular weight is 937 g/mol. The molecule has 7 atom stereocenters. The van der Waals surface area contributed by atoms with Gasteiger partial charge in [0.05, 0.1) is 48.5 Å². The number of hydrogen-bond donors (Lipinski definition) is 2. The zero-order valence-corrected chi connectivity index (χ0v) is 41.0. The number of fused-ring (bicyclic) bond motifs is 6. The van der Waals surface area contributed by atoms with Crippen LogP contribution < -0.4 is 10.7 Å². The van der Waals surface area contributed by atoms with Crippen LogP contribution in [0.25, 0.3) is 33.4 Å². The Morgan fingerprint density at radius 1 is 1.09 bits per heavy atom. The Morgan fingerprint density at radius 3 is 2.60 bits per heavy atom. The van der Waals surface area contributed by atoms with Crippen molar-refractivity contribution in [1.29, 1.82) is 0 Å². The maximum Gasteiger partial charge on any atom is 0.324 e. The van der Waals surface area contributed by atoms with Gasteiger partial charge in [-0.25, -0.2) is 10.4 Å². The van der Waals surface area contributed by atoms with Crippen LogP contribution in [0.2, 0.25) is 0 Å². The first-order valence-electron chi connectivity index (χ1n) is 24.5. The molecule has 8 heterocycles. The molecule has 4 aromatic rings. The third-order valence-corrected chi connectivity index (χ3v) is 16.9. The molecule has 2 N–H and O–H groups in total. The first kappa shape index (κ1) is 46.4. The number of nitrogens with zero attached hydrogens (tertiary/aromatic N) is 6. The summed E-state index contributed by atoms with van der Waals surface area (Å²) in [7, 11) is 3.88. The Hall–Kier alpha value is -4.29. The molecule has 1 aliphatic carbocycles. The Kier molecular flexibility index (Phi) is 12.9. The molecule has 16 heteroatoms. The van der Waals surface area contributed by atoms with E-state index in [0.29, 0.717) is 52.2 Å². The molecule has 10 rings (SSSR count). The molecule has 1 saturated carbocycles. The largest absolute Gasteiger partial charge is 0.464 e. The molecule has 6 bridgehead atoms. The number of likely N-dealkylation sites (N-methyl/N-ethyl adjacent to an activating group) is 1. The molecule has 4 saturated heterocycles. The van der Waals surface area contributed by atoms with E-state index >= 15 is 4.79 Å². The van der Waals surface area contributed by atoms with Gasteiger partial charge in [-0.3, -0.25) is 34.2 Å². The Balaban J connectivity index is 1.12. The third kappa shape index (κ3) is 8.85. The van der Waals surface area contributed by atoms with E-state index in [0.717, 1.165) is 88.6 Å². The number of likely N-dealkylation sites (tertiary alicyclic amines) is 2. The number of benzene rings is 1. The van der Waals surface area contributed by atoms with Crippen LogP contribution in [-0.2, 0) is 46.3 Å². The fourth-order valence-corrected chi connectivity index (χ4v) is 12.4. The number of nitrogens with one attached hydrogen (secondary N) is 2. The van der Waals surface area contributed by atoms with Gasteiger partial charge in [0.2, 0.25) is 5.91 Å². The predicted molar refractivity (Wildman–Crippen MR) is 256 cm³/mol. The summed E-state index contributed by atoms with van der Waals surface area (Å²) < 4.78 is 26.7. The highest BCUT2D eigenvalue weighted by molar-refractivity contribution is 7.10. The number of carbonyl (C=O) groups is 3. The zero-order chi connectivity index (χ0) is 46.8. The first-order chi connectivity index (χ1) is 32.3. The fourth-order valence-electron chi connectivity index (χ4n) is 11.4. The molecular weight excluding hydrogens is 869 g/mol. The highest BCUT2D eigenvalue weighted by atomic mass is 32.1. The van der Waals surface area contributed by atoms with E-state index in [9.17, 15) is 9.59 Å². The molecule has 5 aliphatic heterocycles. The number of aromatic nitrogens is 3. The van der Waals surface area contributed by atoms with Gasteiger partial charge in [0, 0.05) is 104 Å². The van der Waals surface area contributed by atoms with Crippen molar-refractivity contribution in [2.45, 2.75) is 116 Å². The Labute approximate surface area is 398 Å². The van der Waals surface area contributed by atoms with Crippen LogP contribution in [0.4, 0.5) is 0 Å². The maximum absolute atomic E-state index is 15.1. The van der Waals surface area contributed by atoms with Crippen LogP contribution in [0.5, 0.6) is 0 Å². The molecule has 1 aromatic carbocycles. The molecule has 1 unspecified atom stereocenters. The van der Waals surface area contributed by atoms with Crippen LogP contribution in [0.3, 0.4) is 0 Å². The van der Waals surface area contributed by atoms with Gasteiger partial charge in [-0.15, -0.1) is 11.3 Å². The number of methoxy groups -OCH3 is 1. The van der Waals surface area contributed by atoms with Crippen molar-refractivity contribution >= 4 is 40.0 Å². The summed E-state index contributed by atoms with van der Waals surface area (Å²) in [5.74, 6) is -0.478. The second-order valence-corrected chi connectivity index (χ2v) is 21.9. The maximum atomic E-state index is 15.1. The lowest BCUT2D eigenvalue weighted by Crippen LogP contribution is -2.77. The number of amides is 2. The van der Waals surface area contributed by atoms with Gasteiger partial charge in [0.15, 0.2) is 0 Å². The number of pyridine rings is 1. The van der Waals surface area contributed by atoms with Gasteiger partial charge in [-0.1, -0.05) is 33.8 Å². The topological polar surface area (TPSA) is 153 Å². The molecule has 2 amide bonds. The molecule has 5 fully saturated rings. The fraction of sp³-hybridized carbons (Fsp3) is 0.627. The number of thiazole rings is 1. The van der Waals surface area contributed by atoms with Crippen LogP contribution >= 0.6 is 11.3 Å². The van der Waals surface area contributed by atoms with E-state index in [-0.39, 0.29) is 53.9 Å². The second-order valence-electron chi connectivity index (χ2n) is 21.0. The lowest BCUT2D eigenvalue weighted by Gasteiger charge is -2.63. The van der Waals surface area contributed by atoms with E-state index in [1.54, 1.807) is 12.1 Å². The van der Waals surface area contributed by atoms with Crippen LogP contribution in [0.1, 0.15) is 95.1 Å². The third-order valence-electron chi connectivity index (χ3n) is 16.0. The monoisotopic (exact) mass is 936 g/mol. The number of hydrogen-bond acceptors (Lipinski definition) is 13. The highest BCUT2D eigenvalue weighted by Crippen LogP contribution is 2.48. The van der Waals surface area contributed by atoms with Crippen molar-refractivity contribution in [1.82, 2.24) is 40.1 Å². The van der Waals surface area contributed by atoms with Crippen molar-refractivity contribution in [3.63, 3.8) is 0 Å². The molecule has 15 nitrogen and oxygen atoms in total. The van der Waals surface area contributed by atoms with E-state index in [1.165, 1.54) is 11.3 Å². The SMILES string of the molecule is CO[C@@H](C)c1ncccc1-c1c2c3cc(ccc3n1CCOC1CCOCC1)-c1csc(n1)[C@@H](N1CC3(CCN3C)C1)[C@H](NC(=O)C1[C@@H](C)[C@H]1C)C(=O)N1CCC[C@H](N1)C(=O)OCC(C)(C)C2. The van der Waals surface area contributed by atoms with Crippen LogP contribution in [0, 0.1) is 23.2 Å². The van der Waals surface area contributed by atoms with Gasteiger partial charge in [0.25, 0.3) is 5.91 Å². The van der Waals surface area contributed by atoms with E-state index in [2.05, 4.69) is 89.5 Å². The number of cyclic esters (lactones) is 1. The minimum atomic E-state index is -0.938. The minimum Gasteiger partial charge on any atom is -0.464 e. The minimum absolute atomic E-state index is 0.0482. The number of ether oxygens (including phenoxy) is 4. The van der Waals surface area contributed by atoms with Crippen molar-refractivity contribution in [2.75, 3.05) is 66.8 Å². The summed E-state index contributed by atoms with van der Waals surface area (Å²) in [6.45, 7) is 16.1. The smallest absolute Gasteiger partial charge is 0.324 e. The second kappa shape index (κ2) is 18.6. The van der Waals surface area contributed by atoms with E-state index in [1.807, 2.05) is 19.2 Å². The Bertz CT molecular complexity index is 2490. The molecular formula is C51H68N8O7S. The van der Waals surface area contributed by atoms with Gasteiger partial charge in [0.1, 0.15) is 17.1 Å². The quantitative estimate of drug-likeness (QED) is 0.175. The summed E-state index contributed by atoms with van der Waals surface area (Å²) in [5, 5.41) is 8.80. The van der Waals surface area contributed by atoms with Crippen LogP contribution in [-0.4, -0.2) is 138 Å². The van der Waals surface area contributed by atoms with Crippen molar-refractivity contribution in [3.8, 4) is 22.5 Å². The molecule has 0 radical (unpaired) electrons. The van der Waals surface area contributed by atoms with E-state index < -0.39 is 29.5 Å². The highest BCUT2D eigenvalue weighted by Gasteiger charge is 2.57. The normalized spacial score (nSPS) is 28.4. The summed E-state index contributed by atoms with van der Waals surface area (Å²) in [6.07, 6.45) is 6.24. The molecule has 67 heavy (non-hydrogen) atoms. The summed E-state index contributed by atoms with van der Waals surface area (Å²) in [6, 6.07) is 8.52. The van der Waals surface area contributed by atoms with Crippen LogP contribution in [0.15, 0.2) is 41.9 Å². The zero-order valence-electron chi connectivity index (χ0n) is 40.2. The molecule has 360 valence electrons. The molecule has 3 aromatic heterocycles. The van der Waals surface area contributed by atoms with Gasteiger partial charge in [-0.2, -0.15) is 0 Å². The Morgan fingerprint density at radius 2 is 1.88 bits per heavy atom. The van der Waals surface area contributed by atoms with Crippen molar-refractivity contribution < 1.29 is 33.3 Å². The summed E-state index contributed by atoms with van der Waals surface area (Å²) in [4.78, 5) is 58.5. The number of hydrazine groups is 1. The summed E-state index contributed by atoms with van der Waals surface area (Å²) in [5.41, 5.74) is 9.61. The average Bonchev–Trinajstić information content (AvgIpc) is 3.58. The lowest BCUT2D eigenvalue weighted by molar-refractivity contribution is -0.159. The van der Waals surface area contributed by atoms with Crippen molar-refractivity contribution in [2.24, 2.45) is 23.2 Å². The number of carbonyl (C=O) groups excluding carboxylic acids is 3. The molecule has 1 spiro atoms. The summed E-state index contributed by atoms with van der Waals surface area (Å²) >= 11 is 1.54.